The van der Waals surface area contributed by atoms with Gasteiger partial charge in [0.25, 0.3) is 0 Å². The van der Waals surface area contributed by atoms with E-state index in [0.29, 0.717) is 44.9 Å². The highest BCUT2D eigenvalue weighted by Crippen LogP contribution is 2.15. The van der Waals surface area contributed by atoms with Crippen molar-refractivity contribution in [3.8, 4) is 0 Å². The van der Waals surface area contributed by atoms with E-state index in [4.69, 9.17) is 0 Å². The molecule has 0 aliphatic heterocycles. The molecule has 0 fully saturated rings. The predicted octanol–water partition coefficient (Wildman–Crippen LogP) is 4.25. The minimum absolute atomic E-state index is 0.0814. The molecule has 0 radical (unpaired) electrons. The molecule has 7 heteroatoms. The first kappa shape index (κ1) is 29.6. The largest absolute Gasteiger partial charge is 0.391 e. The third kappa shape index (κ3) is 10.6. The van der Waals surface area contributed by atoms with Gasteiger partial charge < -0.3 is 15.7 Å². The van der Waals surface area contributed by atoms with E-state index in [1.54, 1.807) is 24.8 Å². The van der Waals surface area contributed by atoms with Gasteiger partial charge in [-0.1, -0.05) is 72.8 Å². The summed E-state index contributed by atoms with van der Waals surface area (Å²) in [6.07, 6.45) is 9.20. The molecule has 0 bridgehead atoms. The summed E-state index contributed by atoms with van der Waals surface area (Å²) >= 11 is 0. The van der Waals surface area contributed by atoms with Gasteiger partial charge in [-0.25, -0.2) is 0 Å². The van der Waals surface area contributed by atoms with E-state index >= 15 is 0 Å². The fourth-order valence-electron chi connectivity index (χ4n) is 4.89. The molecule has 2 aromatic carbocycles. The average Bonchev–Trinajstić information content (AvgIpc) is 3.01. The van der Waals surface area contributed by atoms with Gasteiger partial charge in [-0.15, -0.1) is 0 Å². The van der Waals surface area contributed by atoms with E-state index in [-0.39, 0.29) is 17.9 Å². The lowest BCUT2D eigenvalue weighted by molar-refractivity contribution is -0.124. The Labute approximate surface area is 242 Å². The van der Waals surface area contributed by atoms with Crippen molar-refractivity contribution in [1.29, 1.82) is 0 Å². The van der Waals surface area contributed by atoms with Crippen LogP contribution in [0.4, 0.5) is 0 Å². The van der Waals surface area contributed by atoms with E-state index in [1.165, 1.54) is 0 Å². The summed E-state index contributed by atoms with van der Waals surface area (Å²) in [5.41, 5.74) is 4.07. The molecule has 0 saturated heterocycles. The highest BCUT2D eigenvalue weighted by Gasteiger charge is 2.26. The Kier molecular flexibility index (Phi) is 11.6. The number of nitrogens with zero attached hydrogens (tertiary/aromatic N) is 2. The zero-order chi connectivity index (χ0) is 28.7. The van der Waals surface area contributed by atoms with Crippen molar-refractivity contribution in [1.82, 2.24) is 20.6 Å². The predicted molar refractivity (Wildman–Crippen MR) is 160 cm³/mol. The van der Waals surface area contributed by atoms with Crippen LogP contribution in [0.2, 0.25) is 0 Å². The second-order valence-electron chi connectivity index (χ2n) is 10.3. The molecule has 41 heavy (non-hydrogen) atoms. The molecule has 0 unspecified atom stereocenters. The minimum Gasteiger partial charge on any atom is -0.391 e. The van der Waals surface area contributed by atoms with Gasteiger partial charge in [0.05, 0.1) is 12.1 Å². The van der Waals surface area contributed by atoms with Crippen LogP contribution in [0.5, 0.6) is 0 Å². The standard InChI is InChI=1S/C34H38N4O3/c39-32(31(22-27-11-5-2-6-12-27)38-34(41)18-16-29-14-8-20-36-25-29)23-30(21-26-9-3-1-4-10-26)37-33(40)17-15-28-13-7-19-35-24-28/h1-14,19-20,24-25,30-32,39H,15-18,21-23H2,(H,37,40)(H,38,41)/t30-,31-,32-/m0/s1. The maximum absolute atomic E-state index is 13.0. The van der Waals surface area contributed by atoms with Crippen LogP contribution in [0.25, 0.3) is 0 Å². The van der Waals surface area contributed by atoms with Crippen molar-refractivity contribution in [3.05, 3.63) is 132 Å². The summed E-state index contributed by atoms with van der Waals surface area (Å²) in [7, 11) is 0. The second kappa shape index (κ2) is 16.0. The van der Waals surface area contributed by atoms with Crippen LogP contribution in [0.15, 0.2) is 110 Å². The van der Waals surface area contributed by atoms with E-state index in [9.17, 15) is 14.7 Å². The number of rotatable bonds is 15. The van der Waals surface area contributed by atoms with Gasteiger partial charge in [0.2, 0.25) is 11.8 Å². The van der Waals surface area contributed by atoms with Gasteiger partial charge in [-0.2, -0.15) is 0 Å². The first-order valence-corrected chi connectivity index (χ1v) is 14.2. The van der Waals surface area contributed by atoms with Crippen LogP contribution in [0, 0.1) is 0 Å². The van der Waals surface area contributed by atoms with Gasteiger partial charge in [-0.3, -0.25) is 19.6 Å². The Balaban J connectivity index is 1.43. The smallest absolute Gasteiger partial charge is 0.220 e. The van der Waals surface area contributed by atoms with Gasteiger partial charge in [-0.05, 0) is 66.5 Å². The first-order chi connectivity index (χ1) is 20.0. The van der Waals surface area contributed by atoms with Crippen molar-refractivity contribution in [3.63, 3.8) is 0 Å². The summed E-state index contributed by atoms with van der Waals surface area (Å²) in [6, 6.07) is 26.5. The van der Waals surface area contributed by atoms with E-state index < -0.39 is 12.1 Å². The van der Waals surface area contributed by atoms with Gasteiger partial charge >= 0.3 is 0 Å². The number of benzene rings is 2. The van der Waals surface area contributed by atoms with Crippen LogP contribution in [0.1, 0.15) is 41.5 Å². The third-order valence-corrected chi connectivity index (χ3v) is 7.05. The normalized spacial score (nSPS) is 13.1. The monoisotopic (exact) mass is 550 g/mol. The SMILES string of the molecule is O=C(CCc1cccnc1)N[C@@H](Cc1ccccc1)C[C@H](O)[C@H](Cc1ccccc1)NC(=O)CCc1cccnc1. The maximum atomic E-state index is 13.0. The summed E-state index contributed by atoms with van der Waals surface area (Å²) < 4.78 is 0. The minimum atomic E-state index is -0.870. The number of pyridine rings is 2. The number of aliphatic hydroxyl groups excluding tert-OH is 1. The van der Waals surface area contributed by atoms with Gasteiger partial charge in [0.15, 0.2) is 0 Å². The summed E-state index contributed by atoms with van der Waals surface area (Å²) in [6.45, 7) is 0. The molecule has 2 heterocycles. The van der Waals surface area contributed by atoms with Crippen LogP contribution in [-0.2, 0) is 35.3 Å². The fraction of sp³-hybridized carbons (Fsp3) is 0.294. The highest BCUT2D eigenvalue weighted by molar-refractivity contribution is 5.77. The van der Waals surface area contributed by atoms with Gasteiger partial charge in [0.1, 0.15) is 0 Å². The third-order valence-electron chi connectivity index (χ3n) is 7.05. The Hall–Kier alpha value is -4.36. The molecule has 4 rings (SSSR count). The molecule has 0 aliphatic rings. The maximum Gasteiger partial charge on any atom is 0.220 e. The van der Waals surface area contributed by atoms with Crippen LogP contribution >= 0.6 is 0 Å². The first-order valence-electron chi connectivity index (χ1n) is 14.2. The number of nitrogens with one attached hydrogen (secondary N) is 2. The zero-order valence-corrected chi connectivity index (χ0v) is 23.2. The number of carbonyl (C=O) groups is 2. The number of aryl methyl sites for hydroxylation is 2. The van der Waals surface area contributed by atoms with Crippen molar-refractivity contribution in [2.24, 2.45) is 0 Å². The van der Waals surface area contributed by atoms with Crippen molar-refractivity contribution in [2.75, 3.05) is 0 Å². The number of hydrogen-bond acceptors (Lipinski definition) is 5. The quantitative estimate of drug-likeness (QED) is 0.205. The second-order valence-corrected chi connectivity index (χ2v) is 10.3. The van der Waals surface area contributed by atoms with Crippen LogP contribution in [0.3, 0.4) is 0 Å². The number of aromatic nitrogens is 2. The molecule has 3 N–H and O–H groups in total. The average molecular weight is 551 g/mol. The molecule has 4 aromatic rings. The van der Waals surface area contributed by atoms with Crippen LogP contribution < -0.4 is 10.6 Å². The highest BCUT2D eigenvalue weighted by atomic mass is 16.3. The van der Waals surface area contributed by atoms with E-state index in [2.05, 4.69) is 20.6 Å². The number of amides is 2. The molecular formula is C34H38N4O3. The summed E-state index contributed by atoms with van der Waals surface area (Å²) in [4.78, 5) is 34.2. The number of hydrogen-bond donors (Lipinski definition) is 3. The fourth-order valence-corrected chi connectivity index (χ4v) is 4.89. The molecule has 0 saturated carbocycles. The summed E-state index contributed by atoms with van der Waals surface area (Å²) in [5.74, 6) is -0.212. The molecule has 0 spiro atoms. The Morgan fingerprint density at radius 3 is 1.63 bits per heavy atom. The lowest BCUT2D eigenvalue weighted by Gasteiger charge is -2.28. The molecule has 0 aliphatic carbocycles. The van der Waals surface area contributed by atoms with Crippen LogP contribution in [-0.4, -0.2) is 45.1 Å². The molecule has 2 amide bonds. The summed E-state index contributed by atoms with van der Waals surface area (Å²) in [5, 5.41) is 17.7. The van der Waals surface area contributed by atoms with Gasteiger partial charge in [0, 0.05) is 43.7 Å². The Bertz CT molecular complexity index is 1320. The van der Waals surface area contributed by atoms with E-state index in [1.807, 2.05) is 84.9 Å². The molecule has 212 valence electrons. The number of carbonyl (C=O) groups excluding carboxylic acids is 2. The molecule has 3 atom stereocenters. The molecule has 7 nitrogen and oxygen atoms in total. The van der Waals surface area contributed by atoms with E-state index in [0.717, 1.165) is 22.3 Å². The Morgan fingerprint density at radius 2 is 1.12 bits per heavy atom. The zero-order valence-electron chi connectivity index (χ0n) is 23.2. The van der Waals surface area contributed by atoms with Crippen molar-refractivity contribution >= 4 is 11.8 Å². The topological polar surface area (TPSA) is 104 Å². The Morgan fingerprint density at radius 1 is 0.634 bits per heavy atom. The number of aliphatic hydroxyl groups is 1. The lowest BCUT2D eigenvalue weighted by atomic mass is 9.93. The van der Waals surface area contributed by atoms with Crippen molar-refractivity contribution < 1.29 is 14.7 Å². The van der Waals surface area contributed by atoms with Crippen molar-refractivity contribution in [2.45, 2.75) is 63.1 Å². The molecule has 2 aromatic heterocycles. The lowest BCUT2D eigenvalue weighted by Crippen LogP contribution is -2.48. The molecular weight excluding hydrogens is 512 g/mol.